The highest BCUT2D eigenvalue weighted by molar-refractivity contribution is 5.92. The molecule has 0 aliphatic heterocycles. The highest BCUT2D eigenvalue weighted by Crippen LogP contribution is 2.31. The van der Waals surface area contributed by atoms with Crippen molar-refractivity contribution in [1.29, 1.82) is 0 Å². The highest BCUT2D eigenvalue weighted by atomic mass is 16.3. The van der Waals surface area contributed by atoms with E-state index in [-0.39, 0.29) is 30.0 Å². The predicted octanol–water partition coefficient (Wildman–Crippen LogP) is 2.50. The van der Waals surface area contributed by atoms with Gasteiger partial charge in [0.2, 0.25) is 5.91 Å². The van der Waals surface area contributed by atoms with Gasteiger partial charge in [0.15, 0.2) is 0 Å². The molecular formula is C14H22N2O2. The molecule has 1 aromatic carbocycles. The third-order valence-corrected chi connectivity index (χ3v) is 2.78. The van der Waals surface area contributed by atoms with Gasteiger partial charge in [-0.15, -0.1) is 0 Å². The summed E-state index contributed by atoms with van der Waals surface area (Å²) in [5, 5.41) is 12.7. The lowest BCUT2D eigenvalue weighted by Gasteiger charge is -2.15. The molecule has 1 aromatic rings. The van der Waals surface area contributed by atoms with Crippen molar-refractivity contribution in [2.45, 2.75) is 46.1 Å². The molecule has 0 saturated carbocycles. The van der Waals surface area contributed by atoms with Crippen LogP contribution in [0.1, 0.15) is 44.2 Å². The van der Waals surface area contributed by atoms with Crippen molar-refractivity contribution < 1.29 is 9.90 Å². The smallest absolute Gasteiger partial charge is 0.225 e. The van der Waals surface area contributed by atoms with E-state index in [1.807, 2.05) is 26.8 Å². The molecule has 0 aliphatic carbocycles. The molecule has 0 aliphatic rings. The van der Waals surface area contributed by atoms with Crippen molar-refractivity contribution >= 4 is 11.6 Å². The molecule has 0 saturated heterocycles. The number of rotatable bonds is 4. The normalized spacial score (nSPS) is 12.6. The van der Waals surface area contributed by atoms with Crippen molar-refractivity contribution in [2.75, 3.05) is 5.32 Å². The van der Waals surface area contributed by atoms with Crippen LogP contribution in [0.2, 0.25) is 0 Å². The van der Waals surface area contributed by atoms with Gasteiger partial charge in [-0.05, 0) is 43.0 Å². The quantitative estimate of drug-likeness (QED) is 0.719. The Morgan fingerprint density at radius 1 is 1.39 bits per heavy atom. The Balaban J connectivity index is 2.95. The van der Waals surface area contributed by atoms with Crippen LogP contribution in [0.3, 0.4) is 0 Å². The number of phenols is 1. The van der Waals surface area contributed by atoms with E-state index in [4.69, 9.17) is 5.73 Å². The van der Waals surface area contributed by atoms with E-state index in [0.717, 1.165) is 16.8 Å². The maximum absolute atomic E-state index is 11.7. The summed E-state index contributed by atoms with van der Waals surface area (Å²) in [5.41, 5.74) is 8.00. The number of aromatic hydroxyl groups is 1. The summed E-state index contributed by atoms with van der Waals surface area (Å²) in [6.45, 7) is 7.64. The molecule has 0 aromatic heterocycles. The van der Waals surface area contributed by atoms with Crippen LogP contribution < -0.4 is 11.1 Å². The molecule has 4 nitrogen and oxygen atoms in total. The zero-order valence-corrected chi connectivity index (χ0v) is 11.4. The van der Waals surface area contributed by atoms with E-state index >= 15 is 0 Å². The molecule has 4 heteroatoms. The van der Waals surface area contributed by atoms with Crippen molar-refractivity contribution in [1.82, 2.24) is 0 Å². The molecule has 100 valence electrons. The number of carbonyl (C=O) groups excluding carboxylic acids is 1. The monoisotopic (exact) mass is 250 g/mol. The van der Waals surface area contributed by atoms with Crippen molar-refractivity contribution in [2.24, 2.45) is 5.73 Å². The Hall–Kier alpha value is -1.55. The first-order chi connectivity index (χ1) is 8.31. The maximum atomic E-state index is 11.7. The lowest BCUT2D eigenvalue weighted by Crippen LogP contribution is -2.24. The Bertz CT molecular complexity index is 440. The third kappa shape index (κ3) is 3.74. The lowest BCUT2D eigenvalue weighted by molar-refractivity contribution is -0.116. The number of carbonyl (C=O) groups is 1. The Kier molecular flexibility index (Phi) is 4.73. The zero-order chi connectivity index (χ0) is 13.9. The minimum atomic E-state index is -0.160. The molecular weight excluding hydrogens is 228 g/mol. The number of phenolic OH excluding ortho intramolecular Hbond substituents is 1. The Morgan fingerprint density at radius 2 is 2.00 bits per heavy atom. The van der Waals surface area contributed by atoms with E-state index in [9.17, 15) is 9.90 Å². The molecule has 4 N–H and O–H groups in total. The van der Waals surface area contributed by atoms with Gasteiger partial charge in [-0.1, -0.05) is 13.8 Å². The molecule has 1 unspecified atom stereocenters. The molecule has 18 heavy (non-hydrogen) atoms. The fraction of sp³-hybridized carbons (Fsp3) is 0.500. The number of benzene rings is 1. The summed E-state index contributed by atoms with van der Waals surface area (Å²) in [7, 11) is 0. The standard InChI is InChI=1S/C14H22N2O2/c1-8(2)11-7-12(9(3)5-13(11)17)16-14(18)6-10(4)15/h5,7-8,10,17H,6,15H2,1-4H3,(H,16,18). The summed E-state index contributed by atoms with van der Waals surface area (Å²) in [6.07, 6.45) is 0.289. The fourth-order valence-electron chi connectivity index (χ4n) is 1.80. The Labute approximate surface area is 108 Å². The van der Waals surface area contributed by atoms with E-state index in [0.29, 0.717) is 0 Å². The summed E-state index contributed by atoms with van der Waals surface area (Å²) < 4.78 is 0. The predicted molar refractivity (Wildman–Crippen MR) is 73.8 cm³/mol. The van der Waals surface area contributed by atoms with E-state index in [1.54, 1.807) is 13.0 Å². The van der Waals surface area contributed by atoms with Crippen LogP contribution in [0.15, 0.2) is 12.1 Å². The molecule has 0 bridgehead atoms. The van der Waals surface area contributed by atoms with Gasteiger partial charge in [-0.2, -0.15) is 0 Å². The van der Waals surface area contributed by atoms with E-state index in [1.165, 1.54) is 0 Å². The second-order valence-electron chi connectivity index (χ2n) is 5.11. The number of amides is 1. The second-order valence-corrected chi connectivity index (χ2v) is 5.11. The number of anilines is 1. The van der Waals surface area contributed by atoms with Crippen LogP contribution in [-0.2, 0) is 4.79 Å². The number of aryl methyl sites for hydroxylation is 1. The molecule has 0 spiro atoms. The Morgan fingerprint density at radius 3 is 2.50 bits per heavy atom. The van der Waals surface area contributed by atoms with Crippen LogP contribution in [0.4, 0.5) is 5.69 Å². The topological polar surface area (TPSA) is 75.3 Å². The summed E-state index contributed by atoms with van der Waals surface area (Å²) in [5.74, 6) is 0.371. The van der Waals surface area contributed by atoms with Gasteiger partial charge in [0.05, 0.1) is 0 Å². The van der Waals surface area contributed by atoms with Gasteiger partial charge in [-0.3, -0.25) is 4.79 Å². The van der Waals surface area contributed by atoms with Crippen LogP contribution in [0.5, 0.6) is 5.75 Å². The average molecular weight is 250 g/mol. The molecule has 0 radical (unpaired) electrons. The fourth-order valence-corrected chi connectivity index (χ4v) is 1.80. The van der Waals surface area contributed by atoms with Crippen LogP contribution in [0, 0.1) is 6.92 Å². The first-order valence-corrected chi connectivity index (χ1v) is 6.20. The van der Waals surface area contributed by atoms with Gasteiger partial charge < -0.3 is 16.2 Å². The first kappa shape index (κ1) is 14.5. The van der Waals surface area contributed by atoms with Crippen molar-refractivity contribution in [3.63, 3.8) is 0 Å². The van der Waals surface area contributed by atoms with Crippen LogP contribution in [-0.4, -0.2) is 17.1 Å². The second kappa shape index (κ2) is 5.87. The number of nitrogens with two attached hydrogens (primary N) is 1. The first-order valence-electron chi connectivity index (χ1n) is 6.20. The summed E-state index contributed by atoms with van der Waals surface area (Å²) in [6, 6.07) is 3.35. The minimum absolute atomic E-state index is 0.103. The highest BCUT2D eigenvalue weighted by Gasteiger charge is 2.12. The summed E-state index contributed by atoms with van der Waals surface area (Å²) >= 11 is 0. The average Bonchev–Trinajstić information content (AvgIpc) is 2.20. The van der Waals surface area contributed by atoms with Gasteiger partial charge >= 0.3 is 0 Å². The third-order valence-electron chi connectivity index (χ3n) is 2.78. The zero-order valence-electron chi connectivity index (χ0n) is 11.4. The van der Waals surface area contributed by atoms with Crippen LogP contribution >= 0.6 is 0 Å². The molecule has 1 atom stereocenters. The SMILES string of the molecule is Cc1cc(O)c(C(C)C)cc1NC(=O)CC(C)N. The molecule has 0 heterocycles. The van der Waals surface area contributed by atoms with Gasteiger partial charge in [0.25, 0.3) is 0 Å². The van der Waals surface area contributed by atoms with E-state index in [2.05, 4.69) is 5.32 Å². The number of hydrogen-bond donors (Lipinski definition) is 3. The largest absolute Gasteiger partial charge is 0.508 e. The number of nitrogens with one attached hydrogen (secondary N) is 1. The van der Waals surface area contributed by atoms with Crippen molar-refractivity contribution in [3.05, 3.63) is 23.3 Å². The lowest BCUT2D eigenvalue weighted by atomic mass is 9.99. The van der Waals surface area contributed by atoms with Gasteiger partial charge in [-0.25, -0.2) is 0 Å². The maximum Gasteiger partial charge on any atom is 0.225 e. The van der Waals surface area contributed by atoms with Gasteiger partial charge in [0.1, 0.15) is 5.75 Å². The molecule has 1 rings (SSSR count). The molecule has 1 amide bonds. The van der Waals surface area contributed by atoms with E-state index < -0.39 is 0 Å². The van der Waals surface area contributed by atoms with Crippen molar-refractivity contribution in [3.8, 4) is 5.75 Å². The molecule has 0 fully saturated rings. The number of hydrogen-bond acceptors (Lipinski definition) is 3. The van der Waals surface area contributed by atoms with Crippen LogP contribution in [0.25, 0.3) is 0 Å². The minimum Gasteiger partial charge on any atom is -0.508 e. The summed E-state index contributed by atoms with van der Waals surface area (Å²) in [4.78, 5) is 11.7. The van der Waals surface area contributed by atoms with Gasteiger partial charge in [0, 0.05) is 18.2 Å².